The number of likely N-dealkylation sites (N-methyl/N-ethyl adjacent to an activating group) is 2. The van der Waals surface area contributed by atoms with Gasteiger partial charge in [-0.25, -0.2) is 16.8 Å². The van der Waals surface area contributed by atoms with Gasteiger partial charge in [0, 0.05) is 36.3 Å². The standard InChI is InChI=1S/C66H84N10O12S2/c1-39(67-3)59(77)73-57(43-15-7-5-8-16-43)65(83)75-37-47(35-53(75)63(81)71-51-31-33-89(85,86)55-21-13-11-19-49(51)55)69-61(79)45-27-23-41(24-28-45)42-25-29-46(30-26-42)62(80)70-48-36-54(64(82)72-52-32-34-90(87,88)56-22-14-12-20-50(52)56)76(38-48)66(84)58(44-17-9-6-10-18-44)74-60(78)40(2)68-4/h11-14,19-30,39-40,43-44,47-48,51-54,57-58,67-68H,5-10,15-18,31-38H2,1-4H3,(H,69,79)(H,70,80)(H,71,81)(H,72,82)(H,73,77)(H,74,78)/t39-,40-,47-,48-,51+,52+,53-,54-,57-,58-/m0/s1. The molecule has 4 aliphatic heterocycles. The minimum absolute atomic E-state index is 0.0209. The number of amides is 8. The summed E-state index contributed by atoms with van der Waals surface area (Å²) in [5, 5.41) is 24.1. The maximum atomic E-state index is 14.9. The summed E-state index contributed by atoms with van der Waals surface area (Å²) < 4.78 is 52.1. The van der Waals surface area contributed by atoms with Gasteiger partial charge in [-0.2, -0.15) is 0 Å². The number of carbonyl (C=O) groups is 8. The Bertz CT molecular complexity index is 3340. The molecule has 0 radical (unpaired) electrons. The van der Waals surface area contributed by atoms with Gasteiger partial charge in [-0.05, 0) is 150 Å². The Morgan fingerprint density at radius 2 is 0.811 bits per heavy atom. The Kier molecular flexibility index (Phi) is 20.6. The van der Waals surface area contributed by atoms with Crippen molar-refractivity contribution in [2.75, 3.05) is 38.7 Å². The molecular formula is C66H84N10O12S2. The van der Waals surface area contributed by atoms with E-state index in [1.54, 1.807) is 113 Å². The van der Waals surface area contributed by atoms with E-state index in [-0.39, 0.29) is 83.7 Å². The van der Waals surface area contributed by atoms with Crippen LogP contribution in [-0.4, -0.2) is 161 Å². The molecule has 482 valence electrons. The first-order valence-corrected chi connectivity index (χ1v) is 35.1. The fourth-order valence-electron chi connectivity index (χ4n) is 13.9. The summed E-state index contributed by atoms with van der Waals surface area (Å²) in [4.78, 5) is 117. The molecule has 2 saturated heterocycles. The Morgan fingerprint density at radius 3 is 1.17 bits per heavy atom. The number of carbonyl (C=O) groups excluding carboxylic acids is 8. The second-order valence-electron chi connectivity index (χ2n) is 25.2. The number of rotatable bonds is 19. The number of fused-ring (bicyclic) bond motifs is 2. The first kappa shape index (κ1) is 65.4. The van der Waals surface area contributed by atoms with Crippen LogP contribution in [0, 0.1) is 11.8 Å². The van der Waals surface area contributed by atoms with Gasteiger partial charge in [-0.3, -0.25) is 38.4 Å². The summed E-state index contributed by atoms with van der Waals surface area (Å²) in [6.07, 6.45) is 8.80. The van der Waals surface area contributed by atoms with Crippen molar-refractivity contribution < 1.29 is 55.2 Å². The van der Waals surface area contributed by atoms with Crippen LogP contribution in [-0.2, 0) is 48.4 Å². The van der Waals surface area contributed by atoms with Crippen molar-refractivity contribution in [1.29, 1.82) is 0 Å². The zero-order valence-corrected chi connectivity index (χ0v) is 53.1. The fourth-order valence-corrected chi connectivity index (χ4v) is 17.2. The molecule has 4 fully saturated rings. The Balaban J connectivity index is 0.821. The number of sulfone groups is 2. The Morgan fingerprint density at radius 1 is 0.456 bits per heavy atom. The third-order valence-electron chi connectivity index (χ3n) is 19.3. The van der Waals surface area contributed by atoms with Crippen LogP contribution in [0.5, 0.6) is 0 Å². The maximum Gasteiger partial charge on any atom is 0.251 e. The minimum atomic E-state index is -3.56. The molecule has 6 aliphatic rings. The molecule has 10 rings (SSSR count). The number of benzene rings is 4. The van der Waals surface area contributed by atoms with Crippen LogP contribution in [0.25, 0.3) is 11.1 Å². The van der Waals surface area contributed by atoms with Gasteiger partial charge in [0.25, 0.3) is 11.8 Å². The van der Waals surface area contributed by atoms with Crippen LogP contribution in [0.3, 0.4) is 0 Å². The van der Waals surface area contributed by atoms with Gasteiger partial charge < -0.3 is 52.3 Å². The highest BCUT2D eigenvalue weighted by atomic mass is 32.2. The summed E-state index contributed by atoms with van der Waals surface area (Å²) in [5.74, 6) is -4.13. The molecule has 4 aromatic carbocycles. The van der Waals surface area contributed by atoms with E-state index < -0.39 is 116 Å². The zero-order chi connectivity index (χ0) is 64.0. The van der Waals surface area contributed by atoms with Crippen molar-refractivity contribution in [2.45, 2.75) is 174 Å². The van der Waals surface area contributed by atoms with Crippen molar-refractivity contribution in [1.82, 2.24) is 52.3 Å². The van der Waals surface area contributed by atoms with Gasteiger partial charge in [-0.15, -0.1) is 0 Å². The van der Waals surface area contributed by atoms with Gasteiger partial charge in [-0.1, -0.05) is 99.2 Å². The topological polar surface area (TPSA) is 308 Å². The quantitative estimate of drug-likeness (QED) is 0.0654. The smallest absolute Gasteiger partial charge is 0.251 e. The van der Waals surface area contributed by atoms with Crippen molar-refractivity contribution >= 4 is 66.9 Å². The second kappa shape index (κ2) is 28.3. The van der Waals surface area contributed by atoms with Gasteiger partial charge in [0.05, 0.1) is 45.5 Å². The van der Waals surface area contributed by atoms with Crippen LogP contribution in [0.15, 0.2) is 107 Å². The van der Waals surface area contributed by atoms with E-state index in [0.29, 0.717) is 47.9 Å². The van der Waals surface area contributed by atoms with Crippen molar-refractivity contribution in [3.8, 4) is 11.1 Å². The summed E-state index contributed by atoms with van der Waals surface area (Å²) in [6.45, 7) is 3.35. The number of likely N-dealkylation sites (tertiary alicyclic amines) is 2. The monoisotopic (exact) mass is 1270 g/mol. The molecule has 22 nitrogen and oxygen atoms in total. The maximum absolute atomic E-state index is 14.9. The van der Waals surface area contributed by atoms with Crippen LogP contribution in [0.2, 0.25) is 0 Å². The average Bonchev–Trinajstić information content (AvgIpc) is 1.19. The van der Waals surface area contributed by atoms with E-state index in [1.165, 1.54) is 21.9 Å². The van der Waals surface area contributed by atoms with E-state index in [9.17, 15) is 55.2 Å². The molecule has 0 unspecified atom stereocenters. The predicted molar refractivity (Wildman–Crippen MR) is 337 cm³/mol. The fraction of sp³-hybridized carbons (Fsp3) is 0.515. The summed E-state index contributed by atoms with van der Waals surface area (Å²) in [5.41, 5.74) is 3.00. The third-order valence-corrected chi connectivity index (χ3v) is 23.0. The van der Waals surface area contributed by atoms with E-state index in [2.05, 4.69) is 42.5 Å². The van der Waals surface area contributed by atoms with Gasteiger partial charge in [0.1, 0.15) is 24.2 Å². The molecule has 0 spiro atoms. The minimum Gasteiger partial charge on any atom is -0.347 e. The lowest BCUT2D eigenvalue weighted by molar-refractivity contribution is -0.143. The van der Waals surface area contributed by atoms with Crippen molar-refractivity contribution in [2.24, 2.45) is 11.8 Å². The molecule has 8 amide bonds. The SMILES string of the molecule is CN[C@@H](C)C(=O)N[C@H](C(=O)N1C[C@@H](NC(=O)c2ccc(-c3ccc(C(=O)N[C@H]4C[C@@H](C(=O)N[C@@H]5CCS(=O)(=O)c6ccccc65)N(C(=O)[C@@H](NC(=O)[C@H](C)NC)C5CCCCC5)C4)cc3)cc2)C[C@H]1C(=O)N[C@@H]1CCS(=O)(=O)c2ccccc21)C1CCCCC1. The predicted octanol–water partition coefficient (Wildman–Crippen LogP) is 4.17. The normalized spacial score (nSPS) is 24.4. The van der Waals surface area contributed by atoms with Crippen molar-refractivity contribution in [3.63, 3.8) is 0 Å². The number of hydrogen-bond donors (Lipinski definition) is 8. The molecule has 90 heavy (non-hydrogen) atoms. The van der Waals surface area contributed by atoms with E-state index >= 15 is 0 Å². The summed E-state index contributed by atoms with van der Waals surface area (Å²) >= 11 is 0. The highest BCUT2D eigenvalue weighted by Crippen LogP contribution is 2.37. The van der Waals surface area contributed by atoms with Gasteiger partial charge in [0.2, 0.25) is 35.4 Å². The molecule has 8 N–H and O–H groups in total. The lowest BCUT2D eigenvalue weighted by atomic mass is 9.83. The average molecular weight is 1270 g/mol. The molecule has 24 heteroatoms. The summed E-state index contributed by atoms with van der Waals surface area (Å²) in [7, 11) is -3.82. The number of nitrogens with zero attached hydrogens (tertiary/aromatic N) is 2. The first-order valence-electron chi connectivity index (χ1n) is 31.8. The molecule has 0 bridgehead atoms. The van der Waals surface area contributed by atoms with Crippen LogP contribution in [0.4, 0.5) is 0 Å². The lowest BCUT2D eigenvalue weighted by Gasteiger charge is -2.35. The third kappa shape index (κ3) is 14.6. The van der Waals surface area contributed by atoms with E-state index in [4.69, 9.17) is 0 Å². The molecule has 0 aromatic heterocycles. The molecule has 2 saturated carbocycles. The van der Waals surface area contributed by atoms with E-state index in [0.717, 1.165) is 49.7 Å². The molecular weight excluding hydrogens is 1190 g/mol. The Hall–Kier alpha value is -7.54. The molecule has 2 aliphatic carbocycles. The highest BCUT2D eigenvalue weighted by Gasteiger charge is 2.48. The molecule has 4 heterocycles. The van der Waals surface area contributed by atoms with Crippen molar-refractivity contribution in [3.05, 3.63) is 119 Å². The van der Waals surface area contributed by atoms with E-state index in [1.807, 2.05) is 0 Å². The summed E-state index contributed by atoms with van der Waals surface area (Å²) in [6, 6.07) is 19.0. The largest absolute Gasteiger partial charge is 0.347 e. The second-order valence-corrected chi connectivity index (χ2v) is 29.3. The van der Waals surface area contributed by atoms with Crippen LogP contribution in [0.1, 0.15) is 148 Å². The van der Waals surface area contributed by atoms with Crippen LogP contribution >= 0.6 is 0 Å². The first-order chi connectivity index (χ1) is 43.1. The van der Waals surface area contributed by atoms with Gasteiger partial charge >= 0.3 is 0 Å². The van der Waals surface area contributed by atoms with Crippen LogP contribution < -0.4 is 42.5 Å². The lowest BCUT2D eigenvalue weighted by Crippen LogP contribution is -2.58. The Labute approximate surface area is 526 Å². The number of hydrogen-bond acceptors (Lipinski definition) is 14. The number of nitrogens with one attached hydrogen (secondary N) is 8. The van der Waals surface area contributed by atoms with Gasteiger partial charge in [0.15, 0.2) is 19.7 Å². The highest BCUT2D eigenvalue weighted by molar-refractivity contribution is 7.91. The molecule has 10 atom stereocenters. The molecule has 4 aromatic rings. The zero-order valence-electron chi connectivity index (χ0n) is 51.5.